The molecule has 0 radical (unpaired) electrons. The van der Waals surface area contributed by atoms with E-state index in [1.165, 1.54) is 12.1 Å². The molecule has 0 aliphatic heterocycles. The Morgan fingerprint density at radius 3 is 2.50 bits per heavy atom. The Bertz CT molecular complexity index is 258. The third-order valence-electron chi connectivity index (χ3n) is 1.74. The summed E-state index contributed by atoms with van der Waals surface area (Å²) in [5.41, 5.74) is 0. The molecule has 1 rings (SSSR count). The summed E-state index contributed by atoms with van der Waals surface area (Å²) in [6, 6.07) is 6.51. The van der Waals surface area contributed by atoms with Crippen molar-refractivity contribution in [1.29, 1.82) is 0 Å². The summed E-state index contributed by atoms with van der Waals surface area (Å²) in [4.78, 5) is 0. The third kappa shape index (κ3) is 4.23. The van der Waals surface area contributed by atoms with Crippen molar-refractivity contribution in [3.05, 3.63) is 30.1 Å². The smallest absolute Gasteiger partial charge is 0.123 e. The highest BCUT2D eigenvalue weighted by Crippen LogP contribution is 2.10. The summed E-state index contributed by atoms with van der Waals surface area (Å²) in [5, 5.41) is 3.23. The predicted molar refractivity (Wildman–Crippen MR) is 55.0 cm³/mol. The van der Waals surface area contributed by atoms with Gasteiger partial charge in [0.1, 0.15) is 18.2 Å². The summed E-state index contributed by atoms with van der Waals surface area (Å²) in [5.74, 6) is 0.467. The van der Waals surface area contributed by atoms with Gasteiger partial charge in [0.05, 0.1) is 0 Å². The Labute approximate surface area is 84.1 Å². The molecule has 0 aliphatic rings. The lowest BCUT2D eigenvalue weighted by molar-refractivity contribution is 0.308. The van der Waals surface area contributed by atoms with E-state index in [9.17, 15) is 4.39 Å². The molecule has 0 saturated heterocycles. The number of halogens is 1. The monoisotopic (exact) mass is 197 g/mol. The van der Waals surface area contributed by atoms with Gasteiger partial charge in [0.2, 0.25) is 0 Å². The van der Waals surface area contributed by atoms with E-state index in [4.69, 9.17) is 4.74 Å². The quantitative estimate of drug-likeness (QED) is 0.731. The van der Waals surface area contributed by atoms with Gasteiger partial charge in [0.25, 0.3) is 0 Å². The first-order chi connectivity index (χ1) is 6.68. The van der Waals surface area contributed by atoms with Gasteiger partial charge in [-0.05, 0) is 24.3 Å². The van der Waals surface area contributed by atoms with E-state index in [2.05, 4.69) is 19.2 Å². The molecule has 3 heteroatoms. The van der Waals surface area contributed by atoms with Gasteiger partial charge in [-0.25, -0.2) is 4.39 Å². The van der Waals surface area contributed by atoms with Crippen molar-refractivity contribution in [2.24, 2.45) is 0 Å². The van der Waals surface area contributed by atoms with Crippen LogP contribution in [0.15, 0.2) is 24.3 Å². The summed E-state index contributed by atoms with van der Waals surface area (Å²) in [7, 11) is 0. The van der Waals surface area contributed by atoms with Crippen molar-refractivity contribution < 1.29 is 9.13 Å². The molecule has 0 fully saturated rings. The fourth-order valence-electron chi connectivity index (χ4n) is 1.05. The number of rotatable bonds is 5. The molecule has 0 aromatic heterocycles. The van der Waals surface area contributed by atoms with E-state index in [0.29, 0.717) is 18.4 Å². The van der Waals surface area contributed by atoms with Gasteiger partial charge in [-0.1, -0.05) is 13.8 Å². The minimum Gasteiger partial charge on any atom is -0.492 e. The molecule has 1 N–H and O–H groups in total. The molecule has 14 heavy (non-hydrogen) atoms. The normalized spacial score (nSPS) is 10.6. The van der Waals surface area contributed by atoms with Crippen LogP contribution in [0.3, 0.4) is 0 Å². The number of hydrogen-bond donors (Lipinski definition) is 1. The van der Waals surface area contributed by atoms with Gasteiger partial charge in [0.15, 0.2) is 0 Å². The Balaban J connectivity index is 2.21. The minimum absolute atomic E-state index is 0.238. The van der Waals surface area contributed by atoms with Crippen molar-refractivity contribution in [2.75, 3.05) is 13.2 Å². The lowest BCUT2D eigenvalue weighted by Crippen LogP contribution is -2.27. The van der Waals surface area contributed by atoms with Crippen LogP contribution in [0.1, 0.15) is 13.8 Å². The molecule has 0 heterocycles. The molecule has 1 aromatic carbocycles. The third-order valence-corrected chi connectivity index (χ3v) is 1.74. The molecule has 0 bridgehead atoms. The predicted octanol–water partition coefficient (Wildman–Crippen LogP) is 2.20. The zero-order valence-corrected chi connectivity index (χ0v) is 8.59. The molecular weight excluding hydrogens is 181 g/mol. The van der Waals surface area contributed by atoms with E-state index in [-0.39, 0.29) is 5.82 Å². The van der Waals surface area contributed by atoms with Gasteiger partial charge in [-0.3, -0.25) is 0 Å². The van der Waals surface area contributed by atoms with Crippen LogP contribution in [0.25, 0.3) is 0 Å². The van der Waals surface area contributed by atoms with Gasteiger partial charge >= 0.3 is 0 Å². The van der Waals surface area contributed by atoms with E-state index >= 15 is 0 Å². The van der Waals surface area contributed by atoms with Crippen molar-refractivity contribution in [3.8, 4) is 5.75 Å². The molecule has 0 spiro atoms. The Hall–Kier alpha value is -1.09. The van der Waals surface area contributed by atoms with Crippen molar-refractivity contribution in [1.82, 2.24) is 5.32 Å². The molecule has 0 atom stereocenters. The second-order valence-electron chi connectivity index (χ2n) is 3.41. The molecule has 0 amide bonds. The molecule has 2 nitrogen and oxygen atoms in total. The molecular formula is C11H16FNO. The van der Waals surface area contributed by atoms with Gasteiger partial charge in [-0.15, -0.1) is 0 Å². The number of nitrogens with one attached hydrogen (secondary N) is 1. The highest BCUT2D eigenvalue weighted by molar-refractivity contribution is 5.21. The van der Waals surface area contributed by atoms with Gasteiger partial charge < -0.3 is 10.1 Å². The lowest BCUT2D eigenvalue weighted by atomic mass is 10.3. The van der Waals surface area contributed by atoms with Gasteiger partial charge in [-0.2, -0.15) is 0 Å². The average Bonchev–Trinajstić information content (AvgIpc) is 2.15. The first kappa shape index (κ1) is 11.0. The second-order valence-corrected chi connectivity index (χ2v) is 3.41. The van der Waals surface area contributed by atoms with Crippen LogP contribution in [0.5, 0.6) is 5.75 Å². The van der Waals surface area contributed by atoms with Crippen LogP contribution in [0, 0.1) is 5.82 Å². The average molecular weight is 197 g/mol. The summed E-state index contributed by atoms with van der Waals surface area (Å²) in [6.45, 7) is 5.56. The summed E-state index contributed by atoms with van der Waals surface area (Å²) in [6.07, 6.45) is 0. The van der Waals surface area contributed by atoms with Crippen molar-refractivity contribution in [3.63, 3.8) is 0 Å². The van der Waals surface area contributed by atoms with Crippen LogP contribution in [-0.2, 0) is 0 Å². The van der Waals surface area contributed by atoms with Crippen molar-refractivity contribution in [2.45, 2.75) is 19.9 Å². The zero-order valence-electron chi connectivity index (χ0n) is 8.59. The molecule has 1 aromatic rings. The van der Waals surface area contributed by atoms with Crippen LogP contribution < -0.4 is 10.1 Å². The Morgan fingerprint density at radius 1 is 1.29 bits per heavy atom. The largest absolute Gasteiger partial charge is 0.492 e. The first-order valence-corrected chi connectivity index (χ1v) is 4.80. The Kier molecular flexibility index (Phi) is 4.40. The van der Waals surface area contributed by atoms with Crippen LogP contribution >= 0.6 is 0 Å². The van der Waals surface area contributed by atoms with Crippen LogP contribution in [0.4, 0.5) is 4.39 Å². The van der Waals surface area contributed by atoms with E-state index < -0.39 is 0 Å². The Morgan fingerprint density at radius 2 is 1.93 bits per heavy atom. The maximum absolute atomic E-state index is 12.5. The highest BCUT2D eigenvalue weighted by Gasteiger charge is 1.95. The van der Waals surface area contributed by atoms with Crippen molar-refractivity contribution >= 4 is 0 Å². The van der Waals surface area contributed by atoms with Crippen LogP contribution in [-0.4, -0.2) is 19.2 Å². The molecule has 0 unspecified atom stereocenters. The van der Waals surface area contributed by atoms with Gasteiger partial charge in [0, 0.05) is 12.6 Å². The number of ether oxygens (including phenoxy) is 1. The lowest BCUT2D eigenvalue weighted by Gasteiger charge is -2.09. The maximum atomic E-state index is 12.5. The first-order valence-electron chi connectivity index (χ1n) is 4.80. The number of benzene rings is 1. The van der Waals surface area contributed by atoms with E-state index in [0.717, 1.165) is 6.54 Å². The zero-order chi connectivity index (χ0) is 10.4. The van der Waals surface area contributed by atoms with Crippen LogP contribution in [0.2, 0.25) is 0 Å². The maximum Gasteiger partial charge on any atom is 0.123 e. The van der Waals surface area contributed by atoms with E-state index in [1.54, 1.807) is 12.1 Å². The topological polar surface area (TPSA) is 21.3 Å². The highest BCUT2D eigenvalue weighted by atomic mass is 19.1. The minimum atomic E-state index is -0.238. The second kappa shape index (κ2) is 5.60. The number of hydrogen-bond acceptors (Lipinski definition) is 2. The fraction of sp³-hybridized carbons (Fsp3) is 0.455. The summed E-state index contributed by atoms with van der Waals surface area (Å²) < 4.78 is 17.9. The van der Waals surface area contributed by atoms with E-state index in [1.807, 2.05) is 0 Å². The molecule has 0 aliphatic carbocycles. The molecule has 0 saturated carbocycles. The SMILES string of the molecule is CC(C)NCCOc1ccc(F)cc1. The fourth-order valence-corrected chi connectivity index (χ4v) is 1.05. The standard InChI is InChI=1S/C11H16FNO/c1-9(2)13-7-8-14-11-5-3-10(12)4-6-11/h3-6,9,13H,7-8H2,1-2H3. The summed E-state index contributed by atoms with van der Waals surface area (Å²) >= 11 is 0. The molecule has 78 valence electrons.